The number of benzene rings is 2. The van der Waals surface area contributed by atoms with Crippen LogP contribution in [0.1, 0.15) is 34.5 Å². The molecule has 0 saturated carbocycles. The number of amides is 1. The standard InChI is InChI=1S/C23H21F3N4O4/c24-23(25,26)16-10-8-15(9-11-16)14-29-21(32)19(20(31)27-13-18-7-4-12-34-18)28-30(22(29)33)17-5-2-1-3-6-17/h1-3,5-6,8-11,18H,4,7,12-14H2,(H,27,31)/t18-/m0/s1. The van der Waals surface area contributed by atoms with E-state index in [1.165, 1.54) is 12.1 Å². The van der Waals surface area contributed by atoms with Gasteiger partial charge in [0.2, 0.25) is 5.69 Å². The van der Waals surface area contributed by atoms with Gasteiger partial charge in [0.05, 0.1) is 23.9 Å². The molecule has 0 bridgehead atoms. The summed E-state index contributed by atoms with van der Waals surface area (Å²) < 4.78 is 45.8. The van der Waals surface area contributed by atoms with Gasteiger partial charge in [-0.05, 0) is 42.7 Å². The lowest BCUT2D eigenvalue weighted by Gasteiger charge is -2.14. The number of halogens is 3. The van der Waals surface area contributed by atoms with Crippen molar-refractivity contribution in [1.82, 2.24) is 19.7 Å². The molecule has 8 nitrogen and oxygen atoms in total. The van der Waals surface area contributed by atoms with Crippen molar-refractivity contribution in [1.29, 1.82) is 0 Å². The van der Waals surface area contributed by atoms with E-state index in [9.17, 15) is 27.6 Å². The Morgan fingerprint density at radius 3 is 2.41 bits per heavy atom. The van der Waals surface area contributed by atoms with Gasteiger partial charge >= 0.3 is 11.9 Å². The van der Waals surface area contributed by atoms with Crippen LogP contribution >= 0.6 is 0 Å². The molecule has 1 N–H and O–H groups in total. The summed E-state index contributed by atoms with van der Waals surface area (Å²) in [5.41, 5.74) is -2.53. The van der Waals surface area contributed by atoms with E-state index >= 15 is 0 Å². The molecule has 0 spiro atoms. The molecular formula is C23H21F3N4O4. The largest absolute Gasteiger partial charge is 0.416 e. The van der Waals surface area contributed by atoms with Crippen LogP contribution in [0.5, 0.6) is 0 Å². The molecule has 0 aliphatic carbocycles. The summed E-state index contributed by atoms with van der Waals surface area (Å²) in [6.07, 6.45) is -3.04. The van der Waals surface area contributed by atoms with Crippen LogP contribution in [0.15, 0.2) is 64.2 Å². The zero-order valence-corrected chi connectivity index (χ0v) is 17.9. The summed E-state index contributed by atoms with van der Waals surface area (Å²) in [5, 5.41) is 6.62. The smallest absolute Gasteiger partial charge is 0.376 e. The van der Waals surface area contributed by atoms with Crippen molar-refractivity contribution in [2.24, 2.45) is 0 Å². The van der Waals surface area contributed by atoms with Crippen LogP contribution < -0.4 is 16.6 Å². The summed E-state index contributed by atoms with van der Waals surface area (Å²) >= 11 is 0. The van der Waals surface area contributed by atoms with Gasteiger partial charge in [-0.25, -0.2) is 4.79 Å². The predicted molar refractivity (Wildman–Crippen MR) is 116 cm³/mol. The lowest BCUT2D eigenvalue weighted by molar-refractivity contribution is -0.137. The maximum Gasteiger partial charge on any atom is 0.416 e. The highest BCUT2D eigenvalue weighted by Crippen LogP contribution is 2.29. The van der Waals surface area contributed by atoms with E-state index in [2.05, 4.69) is 10.4 Å². The van der Waals surface area contributed by atoms with Gasteiger partial charge in [0, 0.05) is 13.2 Å². The molecule has 34 heavy (non-hydrogen) atoms. The minimum atomic E-state index is -4.51. The molecule has 1 fully saturated rings. The fourth-order valence-corrected chi connectivity index (χ4v) is 3.61. The molecule has 178 valence electrons. The SMILES string of the molecule is O=C(NC[C@@H]1CCCO1)c1nn(-c2ccccc2)c(=O)n(Cc2ccc(C(F)(F)F)cc2)c1=O. The van der Waals surface area contributed by atoms with Gasteiger partial charge in [0.1, 0.15) is 0 Å². The Kier molecular flexibility index (Phi) is 6.64. The third kappa shape index (κ3) is 5.09. The van der Waals surface area contributed by atoms with Crippen LogP contribution in [0.25, 0.3) is 5.69 Å². The highest BCUT2D eigenvalue weighted by atomic mass is 19.4. The van der Waals surface area contributed by atoms with Crippen LogP contribution in [0.3, 0.4) is 0 Å². The second-order valence-corrected chi connectivity index (χ2v) is 7.81. The molecule has 0 unspecified atom stereocenters. The molecule has 3 aromatic rings. The maximum atomic E-state index is 13.1. The zero-order valence-electron chi connectivity index (χ0n) is 17.9. The van der Waals surface area contributed by atoms with Crippen LogP contribution in [0.2, 0.25) is 0 Å². The molecule has 1 aromatic heterocycles. The van der Waals surface area contributed by atoms with E-state index in [1.54, 1.807) is 30.3 Å². The Labute approximate surface area is 191 Å². The van der Waals surface area contributed by atoms with Crippen LogP contribution in [0, 0.1) is 0 Å². The van der Waals surface area contributed by atoms with Gasteiger partial charge < -0.3 is 10.1 Å². The summed E-state index contributed by atoms with van der Waals surface area (Å²) in [6.45, 7) is 0.443. The first-order chi connectivity index (χ1) is 16.2. The fraction of sp³-hybridized carbons (Fsp3) is 0.304. The van der Waals surface area contributed by atoms with E-state index < -0.39 is 34.6 Å². The van der Waals surface area contributed by atoms with Crippen molar-refractivity contribution in [3.05, 3.63) is 92.3 Å². The van der Waals surface area contributed by atoms with E-state index in [-0.39, 0.29) is 24.8 Å². The number of alkyl halides is 3. The number of carbonyl (C=O) groups excluding carboxylic acids is 1. The number of para-hydroxylation sites is 1. The molecule has 4 rings (SSSR count). The Bertz CT molecular complexity index is 1280. The van der Waals surface area contributed by atoms with Gasteiger partial charge in [-0.1, -0.05) is 30.3 Å². The Morgan fingerprint density at radius 1 is 1.09 bits per heavy atom. The minimum Gasteiger partial charge on any atom is -0.376 e. The van der Waals surface area contributed by atoms with Crippen molar-refractivity contribution >= 4 is 5.91 Å². The van der Waals surface area contributed by atoms with E-state index in [0.29, 0.717) is 12.3 Å². The molecule has 1 amide bonds. The molecule has 1 saturated heterocycles. The molecule has 1 aliphatic rings. The zero-order chi connectivity index (χ0) is 24.3. The van der Waals surface area contributed by atoms with Gasteiger partial charge in [-0.15, -0.1) is 0 Å². The molecule has 11 heteroatoms. The van der Waals surface area contributed by atoms with Crippen molar-refractivity contribution < 1.29 is 22.7 Å². The number of hydrogen-bond acceptors (Lipinski definition) is 5. The second-order valence-electron chi connectivity index (χ2n) is 7.81. The average Bonchev–Trinajstić information content (AvgIpc) is 3.34. The summed E-state index contributed by atoms with van der Waals surface area (Å²) in [7, 11) is 0. The van der Waals surface area contributed by atoms with Crippen molar-refractivity contribution in [3.63, 3.8) is 0 Å². The Hall–Kier alpha value is -3.73. The third-order valence-corrected chi connectivity index (χ3v) is 5.41. The maximum absolute atomic E-state index is 13.1. The van der Waals surface area contributed by atoms with E-state index in [4.69, 9.17) is 4.74 Å². The molecule has 1 aliphatic heterocycles. The normalized spacial score (nSPS) is 15.9. The first-order valence-electron chi connectivity index (χ1n) is 10.6. The molecule has 1 atom stereocenters. The number of aromatic nitrogens is 3. The van der Waals surface area contributed by atoms with Gasteiger partial charge in [-0.3, -0.25) is 14.2 Å². The van der Waals surface area contributed by atoms with Crippen LogP contribution in [-0.4, -0.2) is 39.5 Å². The number of rotatable bonds is 6. The first kappa shape index (κ1) is 23.4. The summed E-state index contributed by atoms with van der Waals surface area (Å²) in [4.78, 5) is 38.9. The van der Waals surface area contributed by atoms with Crippen molar-refractivity contribution in [2.75, 3.05) is 13.2 Å². The summed E-state index contributed by atoms with van der Waals surface area (Å²) in [5.74, 6) is -0.772. The van der Waals surface area contributed by atoms with Crippen LogP contribution in [-0.2, 0) is 17.5 Å². The average molecular weight is 474 g/mol. The number of nitrogens with one attached hydrogen (secondary N) is 1. The lowest BCUT2D eigenvalue weighted by atomic mass is 10.1. The van der Waals surface area contributed by atoms with Crippen molar-refractivity contribution in [2.45, 2.75) is 31.7 Å². The van der Waals surface area contributed by atoms with Gasteiger partial charge in [0.25, 0.3) is 11.5 Å². The lowest BCUT2D eigenvalue weighted by Crippen LogP contribution is -2.46. The van der Waals surface area contributed by atoms with Gasteiger partial charge in [0.15, 0.2) is 0 Å². The number of carbonyl (C=O) groups is 1. The highest BCUT2D eigenvalue weighted by molar-refractivity contribution is 5.91. The highest BCUT2D eigenvalue weighted by Gasteiger charge is 2.30. The van der Waals surface area contributed by atoms with E-state index in [1.807, 2.05) is 0 Å². The molecule has 0 radical (unpaired) electrons. The minimum absolute atomic E-state index is 0.168. The van der Waals surface area contributed by atoms with E-state index in [0.717, 1.165) is 34.2 Å². The fourth-order valence-electron chi connectivity index (χ4n) is 3.61. The first-order valence-corrected chi connectivity index (χ1v) is 10.6. The monoisotopic (exact) mass is 474 g/mol. The molecular weight excluding hydrogens is 453 g/mol. The number of hydrogen-bond donors (Lipinski definition) is 1. The molecule has 2 aromatic carbocycles. The van der Waals surface area contributed by atoms with Crippen LogP contribution in [0.4, 0.5) is 13.2 Å². The second kappa shape index (κ2) is 9.64. The van der Waals surface area contributed by atoms with Gasteiger partial charge in [-0.2, -0.15) is 23.0 Å². The third-order valence-electron chi connectivity index (χ3n) is 5.41. The van der Waals surface area contributed by atoms with Crippen molar-refractivity contribution in [3.8, 4) is 5.69 Å². The number of nitrogens with zero attached hydrogens (tertiary/aromatic N) is 3. The Morgan fingerprint density at radius 2 is 1.79 bits per heavy atom. The predicted octanol–water partition coefficient (Wildman–Crippen LogP) is 2.37. The molecule has 2 heterocycles. The quantitative estimate of drug-likeness (QED) is 0.592. The number of ether oxygens (including phenoxy) is 1. The summed E-state index contributed by atoms with van der Waals surface area (Å²) in [6, 6.07) is 12.3. The topological polar surface area (TPSA) is 95.2 Å². The Balaban J connectivity index is 1.72.